The van der Waals surface area contributed by atoms with Crippen molar-refractivity contribution in [2.24, 2.45) is 0 Å². The lowest BCUT2D eigenvalue weighted by atomic mass is 10.1. The van der Waals surface area contributed by atoms with Crippen molar-refractivity contribution in [1.82, 2.24) is 0 Å². The predicted molar refractivity (Wildman–Crippen MR) is 135 cm³/mol. The number of methoxy groups -OCH3 is 2. The van der Waals surface area contributed by atoms with Gasteiger partial charge in [-0.25, -0.2) is 0 Å². The van der Waals surface area contributed by atoms with Gasteiger partial charge >= 0.3 is 0 Å². The summed E-state index contributed by atoms with van der Waals surface area (Å²) in [6.45, 7) is 0.227. The van der Waals surface area contributed by atoms with Gasteiger partial charge in [-0.1, -0.05) is 54.2 Å². The van der Waals surface area contributed by atoms with Crippen LogP contribution in [0.5, 0.6) is 17.2 Å². The molecule has 0 radical (unpaired) electrons. The van der Waals surface area contributed by atoms with Gasteiger partial charge < -0.3 is 19.5 Å². The van der Waals surface area contributed by atoms with Crippen molar-refractivity contribution >= 4 is 23.4 Å². The standard InChI is InChI=1S/C28H25NO4S/c1-31-24-17-16-20(18-21(24)19-33-26-14-8-7-13-25(26)32-2)28(30)29-23-12-6-9-15-27(23)34-22-10-4-3-5-11-22/h3-18H,19H2,1-2H3,(H,29,30). The molecule has 0 saturated heterocycles. The second kappa shape index (κ2) is 11.3. The summed E-state index contributed by atoms with van der Waals surface area (Å²) in [5.41, 5.74) is 2.02. The molecular formula is C28H25NO4S. The Bertz CT molecular complexity index is 1260. The van der Waals surface area contributed by atoms with Crippen LogP contribution in [-0.2, 0) is 6.61 Å². The van der Waals surface area contributed by atoms with Gasteiger partial charge in [0.2, 0.25) is 0 Å². The van der Waals surface area contributed by atoms with Crippen LogP contribution in [0.1, 0.15) is 15.9 Å². The third-order valence-corrected chi connectivity index (χ3v) is 6.18. The molecule has 0 unspecified atom stereocenters. The van der Waals surface area contributed by atoms with E-state index in [1.165, 1.54) is 0 Å². The molecule has 0 heterocycles. The number of para-hydroxylation sites is 3. The number of carbonyl (C=O) groups excluding carboxylic acids is 1. The van der Waals surface area contributed by atoms with E-state index in [1.807, 2.05) is 78.9 Å². The third-order valence-electron chi connectivity index (χ3n) is 5.10. The molecule has 0 aliphatic rings. The lowest BCUT2D eigenvalue weighted by Gasteiger charge is -2.14. The number of rotatable bonds is 9. The molecule has 4 aromatic carbocycles. The van der Waals surface area contributed by atoms with E-state index in [1.54, 1.807) is 44.2 Å². The highest BCUT2D eigenvalue weighted by atomic mass is 32.2. The highest BCUT2D eigenvalue weighted by Crippen LogP contribution is 2.34. The maximum atomic E-state index is 13.1. The maximum Gasteiger partial charge on any atom is 0.255 e. The number of benzene rings is 4. The van der Waals surface area contributed by atoms with Gasteiger partial charge in [0.15, 0.2) is 11.5 Å². The van der Waals surface area contributed by atoms with E-state index in [-0.39, 0.29) is 12.5 Å². The van der Waals surface area contributed by atoms with Crippen LogP contribution >= 0.6 is 11.8 Å². The van der Waals surface area contributed by atoms with E-state index in [2.05, 4.69) is 5.32 Å². The summed E-state index contributed by atoms with van der Waals surface area (Å²) in [6, 6.07) is 30.6. The fourth-order valence-electron chi connectivity index (χ4n) is 3.40. The first-order valence-corrected chi connectivity index (χ1v) is 11.6. The number of hydrogen-bond donors (Lipinski definition) is 1. The molecule has 0 spiro atoms. The summed E-state index contributed by atoms with van der Waals surface area (Å²) in [7, 11) is 3.19. The molecule has 1 amide bonds. The van der Waals surface area contributed by atoms with Gasteiger partial charge in [-0.05, 0) is 54.6 Å². The summed E-state index contributed by atoms with van der Waals surface area (Å²) in [5.74, 6) is 1.70. The van der Waals surface area contributed by atoms with Gasteiger partial charge in [0, 0.05) is 20.9 Å². The highest BCUT2D eigenvalue weighted by Gasteiger charge is 2.14. The zero-order chi connectivity index (χ0) is 23.8. The van der Waals surface area contributed by atoms with Gasteiger partial charge in [0.25, 0.3) is 5.91 Å². The normalized spacial score (nSPS) is 10.4. The number of anilines is 1. The summed E-state index contributed by atoms with van der Waals surface area (Å²) in [4.78, 5) is 15.2. The molecule has 172 valence electrons. The Morgan fingerprint density at radius 2 is 1.44 bits per heavy atom. The smallest absolute Gasteiger partial charge is 0.255 e. The second-order valence-corrected chi connectivity index (χ2v) is 8.45. The molecule has 0 aliphatic heterocycles. The minimum absolute atomic E-state index is 0.206. The van der Waals surface area contributed by atoms with Crippen molar-refractivity contribution in [1.29, 1.82) is 0 Å². The molecule has 0 atom stereocenters. The van der Waals surface area contributed by atoms with Crippen LogP contribution in [0, 0.1) is 0 Å². The molecule has 5 nitrogen and oxygen atoms in total. The van der Waals surface area contributed by atoms with E-state index in [4.69, 9.17) is 14.2 Å². The van der Waals surface area contributed by atoms with E-state index in [0.29, 0.717) is 22.8 Å². The molecule has 0 aromatic heterocycles. The van der Waals surface area contributed by atoms with Crippen LogP contribution in [0.25, 0.3) is 0 Å². The molecule has 0 saturated carbocycles. The van der Waals surface area contributed by atoms with E-state index in [0.717, 1.165) is 21.0 Å². The third kappa shape index (κ3) is 5.71. The lowest BCUT2D eigenvalue weighted by molar-refractivity contribution is 0.102. The molecule has 0 aliphatic carbocycles. The molecular weight excluding hydrogens is 446 g/mol. The predicted octanol–water partition coefficient (Wildman–Crippen LogP) is 6.69. The van der Waals surface area contributed by atoms with Gasteiger partial charge in [-0.2, -0.15) is 0 Å². The van der Waals surface area contributed by atoms with Crippen LogP contribution in [0.2, 0.25) is 0 Å². The number of carbonyl (C=O) groups is 1. The Hall–Kier alpha value is -3.90. The van der Waals surface area contributed by atoms with E-state index < -0.39 is 0 Å². The first-order valence-electron chi connectivity index (χ1n) is 10.7. The van der Waals surface area contributed by atoms with Crippen LogP contribution < -0.4 is 19.5 Å². The molecule has 0 bridgehead atoms. The summed E-state index contributed by atoms with van der Waals surface area (Å²) in [5, 5.41) is 3.04. The van der Waals surface area contributed by atoms with Gasteiger partial charge in [-0.3, -0.25) is 4.79 Å². The Morgan fingerprint density at radius 1 is 0.765 bits per heavy atom. The summed E-state index contributed by atoms with van der Waals surface area (Å²) in [6.07, 6.45) is 0. The van der Waals surface area contributed by atoms with Crippen LogP contribution in [0.4, 0.5) is 5.69 Å². The van der Waals surface area contributed by atoms with Crippen LogP contribution in [0.15, 0.2) is 107 Å². The van der Waals surface area contributed by atoms with Crippen LogP contribution in [-0.4, -0.2) is 20.1 Å². The Labute approximate surface area is 203 Å². The van der Waals surface area contributed by atoms with Crippen molar-refractivity contribution in [2.75, 3.05) is 19.5 Å². The highest BCUT2D eigenvalue weighted by molar-refractivity contribution is 7.99. The zero-order valence-electron chi connectivity index (χ0n) is 19.0. The quantitative estimate of drug-likeness (QED) is 0.295. The maximum absolute atomic E-state index is 13.1. The van der Waals surface area contributed by atoms with Gasteiger partial charge in [0.1, 0.15) is 12.4 Å². The van der Waals surface area contributed by atoms with Crippen molar-refractivity contribution < 1.29 is 19.0 Å². The Balaban J connectivity index is 1.52. The summed E-state index contributed by atoms with van der Waals surface area (Å²) >= 11 is 1.60. The van der Waals surface area contributed by atoms with Crippen molar-refractivity contribution in [2.45, 2.75) is 16.4 Å². The molecule has 34 heavy (non-hydrogen) atoms. The first kappa shape index (κ1) is 23.3. The number of amides is 1. The number of ether oxygens (including phenoxy) is 3. The largest absolute Gasteiger partial charge is 0.496 e. The average molecular weight is 472 g/mol. The zero-order valence-corrected chi connectivity index (χ0v) is 19.8. The van der Waals surface area contributed by atoms with E-state index >= 15 is 0 Å². The van der Waals surface area contributed by atoms with E-state index in [9.17, 15) is 4.79 Å². The molecule has 4 rings (SSSR count). The second-order valence-electron chi connectivity index (χ2n) is 7.33. The topological polar surface area (TPSA) is 56.8 Å². The van der Waals surface area contributed by atoms with Gasteiger partial charge in [0.05, 0.1) is 19.9 Å². The molecule has 1 N–H and O–H groups in total. The molecule has 4 aromatic rings. The minimum Gasteiger partial charge on any atom is -0.496 e. The molecule has 0 fully saturated rings. The minimum atomic E-state index is -0.206. The fraction of sp³-hybridized carbons (Fsp3) is 0.107. The average Bonchev–Trinajstić information content (AvgIpc) is 2.89. The van der Waals surface area contributed by atoms with Crippen molar-refractivity contribution in [3.8, 4) is 17.2 Å². The first-order chi connectivity index (χ1) is 16.7. The van der Waals surface area contributed by atoms with Crippen LogP contribution in [0.3, 0.4) is 0 Å². The Morgan fingerprint density at radius 3 is 2.21 bits per heavy atom. The summed E-state index contributed by atoms with van der Waals surface area (Å²) < 4.78 is 16.8. The number of hydrogen-bond acceptors (Lipinski definition) is 5. The van der Waals surface area contributed by atoms with Crippen molar-refractivity contribution in [3.05, 3.63) is 108 Å². The van der Waals surface area contributed by atoms with Crippen molar-refractivity contribution in [3.63, 3.8) is 0 Å². The molecule has 6 heteroatoms. The number of nitrogens with one attached hydrogen (secondary N) is 1. The monoisotopic (exact) mass is 471 g/mol. The van der Waals surface area contributed by atoms with Gasteiger partial charge in [-0.15, -0.1) is 0 Å². The Kier molecular flexibility index (Phi) is 7.73. The SMILES string of the molecule is COc1ccc(C(=O)Nc2ccccc2Sc2ccccc2)cc1COc1ccccc1OC. The fourth-order valence-corrected chi connectivity index (χ4v) is 4.32. The lowest BCUT2D eigenvalue weighted by Crippen LogP contribution is -2.13.